The van der Waals surface area contributed by atoms with Gasteiger partial charge in [0.25, 0.3) is 0 Å². The molecule has 0 saturated heterocycles. The summed E-state index contributed by atoms with van der Waals surface area (Å²) in [5.41, 5.74) is 11.0. The number of rotatable bonds is 4. The maximum absolute atomic E-state index is 5.61. The van der Waals surface area contributed by atoms with Crippen molar-refractivity contribution in [1.82, 2.24) is 19.1 Å². The van der Waals surface area contributed by atoms with Crippen LogP contribution in [0, 0.1) is 0 Å². The van der Waals surface area contributed by atoms with E-state index in [1.807, 2.05) is 0 Å². The van der Waals surface area contributed by atoms with E-state index >= 15 is 0 Å². The average molecular weight is 887 g/mol. The molecule has 0 aliphatic heterocycles. The molecule has 3 aromatic heterocycles. The molecular formula is C66H38N4. The van der Waals surface area contributed by atoms with Crippen molar-refractivity contribution in [2.75, 3.05) is 0 Å². The molecule has 3 heterocycles. The van der Waals surface area contributed by atoms with Gasteiger partial charge in [-0.25, -0.2) is 9.97 Å². The van der Waals surface area contributed by atoms with E-state index in [4.69, 9.17) is 9.97 Å². The monoisotopic (exact) mass is 886 g/mol. The minimum Gasteiger partial charge on any atom is -0.309 e. The maximum Gasteiger partial charge on any atom is 0.235 e. The van der Waals surface area contributed by atoms with Gasteiger partial charge in [0.15, 0.2) is 0 Å². The van der Waals surface area contributed by atoms with Crippen LogP contribution in [0.4, 0.5) is 0 Å². The van der Waals surface area contributed by atoms with Crippen LogP contribution in [0.3, 0.4) is 0 Å². The van der Waals surface area contributed by atoms with Crippen molar-refractivity contribution in [3.63, 3.8) is 0 Å². The van der Waals surface area contributed by atoms with Crippen LogP contribution < -0.4 is 0 Å². The second-order valence-electron chi connectivity index (χ2n) is 18.8. The zero-order chi connectivity index (χ0) is 45.6. The van der Waals surface area contributed by atoms with Crippen LogP contribution in [-0.2, 0) is 0 Å². The summed E-state index contributed by atoms with van der Waals surface area (Å²) < 4.78 is 4.82. The van der Waals surface area contributed by atoms with Crippen molar-refractivity contribution < 1.29 is 0 Å². The largest absolute Gasteiger partial charge is 0.309 e. The minimum atomic E-state index is 0.648. The Morgan fingerprint density at radius 3 is 1.49 bits per heavy atom. The molecular weight excluding hydrogens is 849 g/mol. The molecule has 0 radical (unpaired) electrons. The Morgan fingerprint density at radius 1 is 0.257 bits per heavy atom. The minimum absolute atomic E-state index is 0.648. The molecule has 0 fully saturated rings. The fraction of sp³-hybridized carbons (Fsp3) is 0. The zero-order valence-corrected chi connectivity index (χ0v) is 37.7. The molecule has 16 rings (SSSR count). The highest BCUT2D eigenvalue weighted by Gasteiger charge is 2.25. The smallest absolute Gasteiger partial charge is 0.235 e. The fourth-order valence-corrected chi connectivity index (χ4v) is 12.2. The Bertz CT molecular complexity index is 4880. The molecule has 0 spiro atoms. The normalized spacial score (nSPS) is 12.3. The number of hydrogen-bond acceptors (Lipinski definition) is 2. The summed E-state index contributed by atoms with van der Waals surface area (Å²) >= 11 is 0. The van der Waals surface area contributed by atoms with E-state index < -0.39 is 0 Å². The molecule has 16 aromatic rings. The second kappa shape index (κ2) is 14.1. The van der Waals surface area contributed by atoms with Crippen molar-refractivity contribution in [3.05, 3.63) is 231 Å². The van der Waals surface area contributed by atoms with Crippen molar-refractivity contribution in [1.29, 1.82) is 0 Å². The summed E-state index contributed by atoms with van der Waals surface area (Å²) in [5.74, 6) is 0.648. The Kier molecular flexibility index (Phi) is 7.58. The summed E-state index contributed by atoms with van der Waals surface area (Å²) in [5, 5.41) is 20.8. The lowest BCUT2D eigenvalue weighted by molar-refractivity contribution is 1.01. The van der Waals surface area contributed by atoms with Crippen LogP contribution in [0.25, 0.3) is 153 Å². The van der Waals surface area contributed by atoms with E-state index in [-0.39, 0.29) is 0 Å². The van der Waals surface area contributed by atoms with Gasteiger partial charge in [-0.3, -0.25) is 4.57 Å². The first-order valence-corrected chi connectivity index (χ1v) is 24.1. The number of aromatic nitrogens is 4. The van der Waals surface area contributed by atoms with Gasteiger partial charge in [-0.05, 0) is 119 Å². The van der Waals surface area contributed by atoms with E-state index in [1.165, 1.54) is 114 Å². The first kappa shape index (κ1) is 37.7. The average Bonchev–Trinajstić information content (AvgIpc) is 3.94. The van der Waals surface area contributed by atoms with Gasteiger partial charge in [-0.2, -0.15) is 0 Å². The quantitative estimate of drug-likeness (QED) is 0.130. The summed E-state index contributed by atoms with van der Waals surface area (Å²) in [6, 6.07) is 84.4. The zero-order valence-electron chi connectivity index (χ0n) is 37.7. The third-order valence-corrected chi connectivity index (χ3v) is 15.2. The topological polar surface area (TPSA) is 35.6 Å². The van der Waals surface area contributed by atoms with Gasteiger partial charge in [0, 0.05) is 37.9 Å². The Balaban J connectivity index is 1.01. The third kappa shape index (κ3) is 5.14. The van der Waals surface area contributed by atoms with Crippen LogP contribution in [0.15, 0.2) is 231 Å². The highest BCUT2D eigenvalue weighted by atomic mass is 15.2. The van der Waals surface area contributed by atoms with E-state index in [2.05, 4.69) is 240 Å². The van der Waals surface area contributed by atoms with Crippen molar-refractivity contribution in [2.45, 2.75) is 0 Å². The predicted octanol–water partition coefficient (Wildman–Crippen LogP) is 17.5. The number of para-hydroxylation sites is 3. The molecule has 0 bridgehead atoms. The molecule has 0 aliphatic rings. The van der Waals surface area contributed by atoms with E-state index in [1.54, 1.807) is 0 Å². The first-order valence-electron chi connectivity index (χ1n) is 24.1. The van der Waals surface area contributed by atoms with Gasteiger partial charge in [0.05, 0.1) is 39.0 Å². The number of nitrogens with zero attached hydrogens (tertiary/aromatic N) is 4. The number of hydrogen-bond donors (Lipinski definition) is 0. The predicted molar refractivity (Wildman–Crippen MR) is 295 cm³/mol. The number of fused-ring (bicyclic) bond motifs is 13. The molecule has 4 nitrogen and oxygen atoms in total. The molecule has 0 N–H and O–H groups in total. The van der Waals surface area contributed by atoms with Gasteiger partial charge in [0.2, 0.25) is 5.95 Å². The second-order valence-corrected chi connectivity index (χ2v) is 18.8. The molecule has 322 valence electrons. The van der Waals surface area contributed by atoms with Gasteiger partial charge >= 0.3 is 0 Å². The fourth-order valence-electron chi connectivity index (χ4n) is 12.2. The van der Waals surface area contributed by atoms with Crippen LogP contribution in [-0.4, -0.2) is 19.1 Å². The van der Waals surface area contributed by atoms with Crippen molar-refractivity contribution >= 4 is 119 Å². The van der Waals surface area contributed by atoms with Crippen LogP contribution in [0.2, 0.25) is 0 Å². The summed E-state index contributed by atoms with van der Waals surface area (Å²) in [4.78, 5) is 11.0. The van der Waals surface area contributed by atoms with Gasteiger partial charge in [-0.15, -0.1) is 0 Å². The van der Waals surface area contributed by atoms with E-state index in [0.29, 0.717) is 5.95 Å². The van der Waals surface area contributed by atoms with Gasteiger partial charge in [-0.1, -0.05) is 182 Å². The molecule has 0 atom stereocenters. The SMILES string of the molecule is c1ccc(-c2ccc3cc(-c4nc(-n5c6ccccc6c6c7cccc8c9cccc%10c9c(cc9c%10c%10ccccc%10n9-c9cccc%10ccccc9%10)c(cc65)c87)nc5ccccc45)ccc3c2)cc1. The maximum atomic E-state index is 5.61. The number of benzene rings is 13. The molecule has 0 saturated carbocycles. The van der Waals surface area contributed by atoms with Crippen LogP contribution >= 0.6 is 0 Å². The van der Waals surface area contributed by atoms with Crippen molar-refractivity contribution in [2.24, 2.45) is 0 Å². The molecule has 0 amide bonds. The Hall–Kier alpha value is -9.38. The summed E-state index contributed by atoms with van der Waals surface area (Å²) in [6.07, 6.45) is 0. The molecule has 4 heteroatoms. The highest BCUT2D eigenvalue weighted by Crippen LogP contribution is 2.49. The Morgan fingerprint density at radius 2 is 0.771 bits per heavy atom. The third-order valence-electron chi connectivity index (χ3n) is 15.2. The van der Waals surface area contributed by atoms with Crippen LogP contribution in [0.5, 0.6) is 0 Å². The van der Waals surface area contributed by atoms with E-state index in [0.717, 1.165) is 33.2 Å². The first-order chi connectivity index (χ1) is 34.7. The molecule has 13 aromatic carbocycles. The van der Waals surface area contributed by atoms with Crippen LogP contribution in [0.1, 0.15) is 0 Å². The molecule has 70 heavy (non-hydrogen) atoms. The summed E-state index contributed by atoms with van der Waals surface area (Å²) in [6.45, 7) is 0. The van der Waals surface area contributed by atoms with Crippen molar-refractivity contribution in [3.8, 4) is 34.0 Å². The molecule has 0 aliphatic carbocycles. The standard InChI is InChI=1S/C66H38N4/c1-2-15-39(16-3-1)41-31-32-43-36-44(34-33-42(43)35-41)65-48-20-6-9-27-55(48)67-66(68-65)70-58-29-11-8-22-50(58)64-52-26-14-24-47-46-23-13-25-51-61(46)53(54(62(47)52)38-60(64)70)37-59-63(51)49-21-7-10-28-57(49)69(59)56-30-12-18-40-17-4-5-19-45(40)56/h1-38H. The molecule has 0 unspecified atom stereocenters. The van der Waals surface area contributed by atoms with Gasteiger partial charge < -0.3 is 4.57 Å². The Labute approximate surface area is 400 Å². The lowest BCUT2D eigenvalue weighted by atomic mass is 9.87. The highest BCUT2D eigenvalue weighted by molar-refractivity contribution is 6.41. The lowest BCUT2D eigenvalue weighted by Gasteiger charge is -2.18. The van der Waals surface area contributed by atoms with E-state index in [9.17, 15) is 0 Å². The van der Waals surface area contributed by atoms with Gasteiger partial charge in [0.1, 0.15) is 0 Å². The summed E-state index contributed by atoms with van der Waals surface area (Å²) in [7, 11) is 0. The lowest BCUT2D eigenvalue weighted by Crippen LogP contribution is -2.03.